The third-order valence-corrected chi connectivity index (χ3v) is 2.65. The second kappa shape index (κ2) is 3.96. The zero-order valence-corrected chi connectivity index (χ0v) is 8.38. The molecule has 2 heterocycles. The highest BCUT2D eigenvalue weighted by molar-refractivity contribution is 5.93. The van der Waals surface area contributed by atoms with Crippen LogP contribution in [0.15, 0.2) is 16.5 Å². The number of hydrogen-bond acceptors (Lipinski definition) is 3. The van der Waals surface area contributed by atoms with Crippen LogP contribution >= 0.6 is 0 Å². The van der Waals surface area contributed by atoms with Crippen LogP contribution in [0.25, 0.3) is 0 Å². The van der Waals surface area contributed by atoms with Crippen molar-refractivity contribution in [3.8, 4) is 0 Å². The molecule has 1 aliphatic heterocycles. The number of rotatable bonds is 3. The predicted molar refractivity (Wildman–Crippen MR) is 53.4 cm³/mol. The van der Waals surface area contributed by atoms with Crippen LogP contribution in [0.4, 0.5) is 0 Å². The van der Waals surface area contributed by atoms with Gasteiger partial charge in [-0.2, -0.15) is 0 Å². The molecule has 0 bridgehead atoms. The number of carbonyl (C=O) groups excluding carboxylic acids is 1. The van der Waals surface area contributed by atoms with Crippen molar-refractivity contribution in [3.63, 3.8) is 0 Å². The Hall–Kier alpha value is -1.09. The minimum Gasteiger partial charge on any atom is -0.458 e. The molecule has 1 saturated heterocycles. The third kappa shape index (κ3) is 2.04. The number of ketones is 1. The first-order chi connectivity index (χ1) is 6.75. The molecular formula is C11H15NO2. The quantitative estimate of drug-likeness (QED) is 0.744. The van der Waals surface area contributed by atoms with Crippen LogP contribution in [0, 0.1) is 12.8 Å². The Morgan fingerprint density at radius 3 is 3.07 bits per heavy atom. The molecule has 1 aliphatic rings. The SMILES string of the molecule is Cc1ccc(C(=O)CC2CCNC2)o1. The Balaban J connectivity index is 1.95. The van der Waals surface area contributed by atoms with Crippen molar-refractivity contribution < 1.29 is 9.21 Å². The fourth-order valence-corrected chi connectivity index (χ4v) is 1.84. The van der Waals surface area contributed by atoms with E-state index >= 15 is 0 Å². The van der Waals surface area contributed by atoms with Crippen LogP contribution in [0.3, 0.4) is 0 Å². The van der Waals surface area contributed by atoms with Crippen molar-refractivity contribution in [2.45, 2.75) is 19.8 Å². The molecule has 14 heavy (non-hydrogen) atoms. The van der Waals surface area contributed by atoms with E-state index in [2.05, 4.69) is 5.32 Å². The standard InChI is InChI=1S/C11H15NO2/c1-8-2-3-11(14-8)10(13)6-9-4-5-12-7-9/h2-3,9,12H,4-7H2,1H3. The normalized spacial score (nSPS) is 21.4. The van der Waals surface area contributed by atoms with Crippen molar-refractivity contribution >= 4 is 5.78 Å². The number of nitrogens with one attached hydrogen (secondary N) is 1. The van der Waals surface area contributed by atoms with Gasteiger partial charge in [0.1, 0.15) is 5.76 Å². The fourth-order valence-electron chi connectivity index (χ4n) is 1.84. The van der Waals surface area contributed by atoms with Crippen molar-refractivity contribution in [3.05, 3.63) is 23.7 Å². The molecule has 0 aromatic carbocycles. The summed E-state index contributed by atoms with van der Waals surface area (Å²) < 4.78 is 5.29. The van der Waals surface area contributed by atoms with E-state index in [-0.39, 0.29) is 5.78 Å². The first-order valence-corrected chi connectivity index (χ1v) is 5.06. The van der Waals surface area contributed by atoms with E-state index in [1.54, 1.807) is 6.07 Å². The number of carbonyl (C=O) groups is 1. The molecular weight excluding hydrogens is 178 g/mol. The summed E-state index contributed by atoms with van der Waals surface area (Å²) in [5.74, 6) is 1.94. The van der Waals surface area contributed by atoms with Crippen molar-refractivity contribution in [2.75, 3.05) is 13.1 Å². The summed E-state index contributed by atoms with van der Waals surface area (Å²) in [6.07, 6.45) is 1.71. The summed E-state index contributed by atoms with van der Waals surface area (Å²) in [6.45, 7) is 3.86. The molecule has 3 nitrogen and oxygen atoms in total. The van der Waals surface area contributed by atoms with Crippen LogP contribution in [-0.2, 0) is 0 Å². The van der Waals surface area contributed by atoms with Crippen LogP contribution in [-0.4, -0.2) is 18.9 Å². The lowest BCUT2D eigenvalue weighted by Gasteiger charge is -2.04. The molecule has 2 rings (SSSR count). The number of aryl methyl sites for hydroxylation is 1. The Morgan fingerprint density at radius 1 is 1.64 bits per heavy atom. The highest BCUT2D eigenvalue weighted by Gasteiger charge is 2.20. The van der Waals surface area contributed by atoms with Gasteiger partial charge in [0.25, 0.3) is 0 Å². The van der Waals surface area contributed by atoms with Gasteiger partial charge in [0.2, 0.25) is 0 Å². The summed E-state index contributed by atoms with van der Waals surface area (Å²) >= 11 is 0. The summed E-state index contributed by atoms with van der Waals surface area (Å²) in [5.41, 5.74) is 0. The monoisotopic (exact) mass is 193 g/mol. The smallest absolute Gasteiger partial charge is 0.198 e. The Kier molecular flexibility index (Phi) is 2.68. The number of Topliss-reactive ketones (excluding diaryl/α,β-unsaturated/α-hetero) is 1. The summed E-state index contributed by atoms with van der Waals surface area (Å²) in [7, 11) is 0. The Morgan fingerprint density at radius 2 is 2.50 bits per heavy atom. The summed E-state index contributed by atoms with van der Waals surface area (Å²) in [6, 6.07) is 3.60. The lowest BCUT2D eigenvalue weighted by molar-refractivity contribution is 0.0936. The Labute approximate surface area is 83.5 Å². The number of furan rings is 1. The zero-order valence-electron chi connectivity index (χ0n) is 8.38. The fraction of sp³-hybridized carbons (Fsp3) is 0.545. The van der Waals surface area contributed by atoms with Crippen LogP contribution in [0.1, 0.15) is 29.2 Å². The van der Waals surface area contributed by atoms with E-state index in [9.17, 15) is 4.79 Å². The van der Waals surface area contributed by atoms with Crippen molar-refractivity contribution in [2.24, 2.45) is 5.92 Å². The maximum absolute atomic E-state index is 11.7. The second-order valence-electron chi connectivity index (χ2n) is 3.90. The van der Waals surface area contributed by atoms with Crippen LogP contribution in [0.5, 0.6) is 0 Å². The van der Waals surface area contributed by atoms with E-state index < -0.39 is 0 Å². The third-order valence-electron chi connectivity index (χ3n) is 2.65. The average molecular weight is 193 g/mol. The van der Waals surface area contributed by atoms with Gasteiger partial charge < -0.3 is 9.73 Å². The van der Waals surface area contributed by atoms with E-state index in [0.29, 0.717) is 18.1 Å². The van der Waals surface area contributed by atoms with E-state index in [1.807, 2.05) is 13.0 Å². The molecule has 1 aromatic heterocycles. The molecule has 1 fully saturated rings. The van der Waals surface area contributed by atoms with Gasteiger partial charge in [-0.05, 0) is 44.5 Å². The highest BCUT2D eigenvalue weighted by atomic mass is 16.3. The number of hydrogen-bond donors (Lipinski definition) is 1. The maximum Gasteiger partial charge on any atom is 0.198 e. The first-order valence-electron chi connectivity index (χ1n) is 5.06. The van der Waals surface area contributed by atoms with E-state index in [0.717, 1.165) is 25.3 Å². The van der Waals surface area contributed by atoms with E-state index in [1.165, 1.54) is 0 Å². The minimum absolute atomic E-state index is 0.131. The van der Waals surface area contributed by atoms with Gasteiger partial charge in [0, 0.05) is 6.42 Å². The summed E-state index contributed by atoms with van der Waals surface area (Å²) in [5, 5.41) is 3.25. The van der Waals surface area contributed by atoms with Crippen molar-refractivity contribution in [1.29, 1.82) is 0 Å². The van der Waals surface area contributed by atoms with E-state index in [4.69, 9.17) is 4.42 Å². The lowest BCUT2D eigenvalue weighted by atomic mass is 10.0. The van der Waals surface area contributed by atoms with Gasteiger partial charge in [-0.1, -0.05) is 0 Å². The lowest BCUT2D eigenvalue weighted by Crippen LogP contribution is -2.12. The molecule has 76 valence electrons. The summed E-state index contributed by atoms with van der Waals surface area (Å²) in [4.78, 5) is 11.7. The first kappa shape index (κ1) is 9.46. The van der Waals surface area contributed by atoms with Gasteiger partial charge >= 0.3 is 0 Å². The van der Waals surface area contributed by atoms with Crippen LogP contribution < -0.4 is 5.32 Å². The van der Waals surface area contributed by atoms with Gasteiger partial charge in [0.15, 0.2) is 11.5 Å². The predicted octanol–water partition coefficient (Wildman–Crippen LogP) is 1.77. The molecule has 1 atom stereocenters. The molecule has 0 saturated carbocycles. The van der Waals surface area contributed by atoms with Gasteiger partial charge in [-0.3, -0.25) is 4.79 Å². The van der Waals surface area contributed by atoms with Gasteiger partial charge in [-0.25, -0.2) is 0 Å². The maximum atomic E-state index is 11.7. The van der Waals surface area contributed by atoms with Gasteiger partial charge in [0.05, 0.1) is 0 Å². The molecule has 1 N–H and O–H groups in total. The Bertz CT molecular complexity index is 324. The average Bonchev–Trinajstić information content (AvgIpc) is 2.75. The minimum atomic E-state index is 0.131. The topological polar surface area (TPSA) is 42.2 Å². The van der Waals surface area contributed by atoms with Crippen LogP contribution in [0.2, 0.25) is 0 Å². The molecule has 1 aromatic rings. The molecule has 1 unspecified atom stereocenters. The molecule has 0 aliphatic carbocycles. The molecule has 3 heteroatoms. The second-order valence-corrected chi connectivity index (χ2v) is 3.90. The van der Waals surface area contributed by atoms with Gasteiger partial charge in [-0.15, -0.1) is 0 Å². The zero-order chi connectivity index (χ0) is 9.97. The molecule has 0 amide bonds. The van der Waals surface area contributed by atoms with Crippen molar-refractivity contribution in [1.82, 2.24) is 5.32 Å². The highest BCUT2D eigenvalue weighted by Crippen LogP contribution is 2.17. The molecule has 0 spiro atoms. The largest absolute Gasteiger partial charge is 0.458 e. The molecule has 0 radical (unpaired) electrons.